The van der Waals surface area contributed by atoms with Gasteiger partial charge in [-0.1, -0.05) is 20.4 Å². The number of ketones is 2. The van der Waals surface area contributed by atoms with Gasteiger partial charge in [0, 0.05) is 24.2 Å². The van der Waals surface area contributed by atoms with E-state index in [9.17, 15) is 24.3 Å². The second-order valence-corrected chi connectivity index (χ2v) is 9.05. The smallest absolute Gasteiger partial charge is 0.323 e. The summed E-state index contributed by atoms with van der Waals surface area (Å²) in [5, 5.41) is 10.9. The number of Topliss-reactive ketones (excluding diaryl/α,β-unsaturated/α-hetero) is 2. The molecule has 0 aromatic heterocycles. The summed E-state index contributed by atoms with van der Waals surface area (Å²) in [5.74, 6) is -3.30. The van der Waals surface area contributed by atoms with Gasteiger partial charge in [0.2, 0.25) is 0 Å². The highest BCUT2D eigenvalue weighted by atomic mass is 16.5. The lowest BCUT2D eigenvalue weighted by Crippen LogP contribution is -2.69. The Hall–Kier alpha value is -1.82. The molecule has 0 radical (unpaired) electrons. The van der Waals surface area contributed by atoms with Crippen LogP contribution in [-0.4, -0.2) is 41.6 Å². The Morgan fingerprint density at radius 3 is 2.58 bits per heavy atom. The zero-order chi connectivity index (χ0) is 19.1. The van der Waals surface area contributed by atoms with E-state index in [-0.39, 0.29) is 24.4 Å². The van der Waals surface area contributed by atoms with Crippen molar-refractivity contribution in [2.45, 2.75) is 45.6 Å². The van der Waals surface area contributed by atoms with Gasteiger partial charge >= 0.3 is 5.97 Å². The number of ether oxygens (including phenoxy) is 1. The molecule has 6 heteroatoms. The summed E-state index contributed by atoms with van der Waals surface area (Å²) in [6.07, 6.45) is 1.29. The topological polar surface area (TPSA) is 97.7 Å². The van der Waals surface area contributed by atoms with E-state index in [0.29, 0.717) is 19.3 Å². The van der Waals surface area contributed by atoms with E-state index < -0.39 is 51.9 Å². The number of fused-ring (bicyclic) bond motifs is 2. The number of esters is 1. The molecule has 6 nitrogen and oxygen atoms in total. The maximum Gasteiger partial charge on any atom is 0.323 e. The minimum Gasteiger partial charge on any atom is -0.464 e. The van der Waals surface area contributed by atoms with Gasteiger partial charge in [0.1, 0.15) is 18.7 Å². The number of aliphatic hydroxyl groups excluding tert-OH is 1. The molecule has 1 aliphatic heterocycles. The third-order valence-electron chi connectivity index (χ3n) is 7.73. The fraction of sp³-hybridized carbons (Fsp3) is 0.700. The zero-order valence-electron chi connectivity index (χ0n) is 15.1. The van der Waals surface area contributed by atoms with Crippen LogP contribution in [0.15, 0.2) is 12.2 Å². The summed E-state index contributed by atoms with van der Waals surface area (Å²) in [5.41, 5.74) is -3.26. The van der Waals surface area contributed by atoms with E-state index >= 15 is 0 Å². The molecule has 0 aromatic rings. The van der Waals surface area contributed by atoms with Crippen LogP contribution in [0.1, 0.15) is 39.5 Å². The normalized spacial score (nSPS) is 46.9. The van der Waals surface area contributed by atoms with Crippen LogP contribution in [-0.2, 0) is 23.9 Å². The Bertz CT molecular complexity index is 751. The molecule has 2 spiro atoms. The zero-order valence-corrected chi connectivity index (χ0v) is 15.1. The van der Waals surface area contributed by atoms with Crippen LogP contribution < -0.4 is 0 Å². The fourth-order valence-electron chi connectivity index (χ4n) is 6.35. The summed E-state index contributed by atoms with van der Waals surface area (Å²) in [6.45, 7) is 7.47. The van der Waals surface area contributed by atoms with Gasteiger partial charge in [0.25, 0.3) is 0 Å². The number of aldehydes is 1. The van der Waals surface area contributed by atoms with E-state index in [1.165, 1.54) is 0 Å². The van der Waals surface area contributed by atoms with Crippen molar-refractivity contribution in [1.29, 1.82) is 0 Å². The minimum atomic E-state index is -1.79. The second kappa shape index (κ2) is 5.12. The standard InChI is InChI=1S/C20H24O6/c1-10-11-4-5-12-19(13(8-21)18(2,3)7-6-14(19)22)9-26-17(25)20(12,15(10)23)16(11)24/h8,11-13,16,24H,1,4-7,9H2,2-3H3/t11-,12-,13+,16+,19-,20-/m0/s1. The molecular formula is C20H24O6. The molecule has 140 valence electrons. The lowest BCUT2D eigenvalue weighted by molar-refractivity contribution is -0.220. The van der Waals surface area contributed by atoms with E-state index in [0.717, 1.165) is 6.29 Å². The number of cyclic esters (lactones) is 1. The highest BCUT2D eigenvalue weighted by molar-refractivity contribution is 6.17. The number of carbonyl (C=O) groups is 4. The van der Waals surface area contributed by atoms with Crippen molar-refractivity contribution in [2.75, 3.05) is 6.61 Å². The first-order valence-electron chi connectivity index (χ1n) is 9.23. The van der Waals surface area contributed by atoms with Crippen molar-refractivity contribution in [3.63, 3.8) is 0 Å². The molecule has 2 bridgehead atoms. The molecule has 3 aliphatic carbocycles. The van der Waals surface area contributed by atoms with Gasteiger partial charge in [-0.3, -0.25) is 14.4 Å². The number of hydrogen-bond acceptors (Lipinski definition) is 6. The molecule has 0 aromatic carbocycles. The molecule has 3 saturated carbocycles. The average molecular weight is 360 g/mol. The fourth-order valence-corrected chi connectivity index (χ4v) is 6.35. The molecule has 6 atom stereocenters. The number of aliphatic hydroxyl groups is 1. The first-order chi connectivity index (χ1) is 12.2. The van der Waals surface area contributed by atoms with Crippen LogP contribution in [0, 0.1) is 34.0 Å². The Kier molecular flexibility index (Phi) is 3.47. The van der Waals surface area contributed by atoms with Crippen molar-refractivity contribution in [2.24, 2.45) is 34.0 Å². The van der Waals surface area contributed by atoms with Gasteiger partial charge in [-0.25, -0.2) is 0 Å². The van der Waals surface area contributed by atoms with E-state index in [4.69, 9.17) is 4.74 Å². The molecule has 4 rings (SSSR count). The van der Waals surface area contributed by atoms with E-state index in [1.54, 1.807) is 0 Å². The summed E-state index contributed by atoms with van der Waals surface area (Å²) >= 11 is 0. The minimum absolute atomic E-state index is 0.137. The van der Waals surface area contributed by atoms with E-state index in [1.807, 2.05) is 13.8 Å². The van der Waals surface area contributed by atoms with Crippen molar-refractivity contribution >= 4 is 23.8 Å². The maximum atomic E-state index is 13.2. The monoisotopic (exact) mass is 360 g/mol. The van der Waals surface area contributed by atoms with Gasteiger partial charge in [-0.05, 0) is 30.3 Å². The van der Waals surface area contributed by atoms with Gasteiger partial charge < -0.3 is 14.6 Å². The summed E-state index contributed by atoms with van der Waals surface area (Å²) < 4.78 is 5.41. The van der Waals surface area contributed by atoms with Crippen LogP contribution in [0.2, 0.25) is 0 Å². The molecule has 4 fully saturated rings. The Morgan fingerprint density at radius 2 is 1.92 bits per heavy atom. The Balaban J connectivity index is 1.96. The maximum absolute atomic E-state index is 13.2. The molecule has 1 saturated heterocycles. The molecule has 4 aliphatic rings. The lowest BCUT2D eigenvalue weighted by Gasteiger charge is -2.59. The van der Waals surface area contributed by atoms with Gasteiger partial charge in [-0.2, -0.15) is 0 Å². The molecule has 0 unspecified atom stereocenters. The van der Waals surface area contributed by atoms with Gasteiger partial charge in [0.15, 0.2) is 11.2 Å². The molecule has 1 heterocycles. The third kappa shape index (κ3) is 1.67. The van der Waals surface area contributed by atoms with Crippen molar-refractivity contribution in [3.8, 4) is 0 Å². The summed E-state index contributed by atoms with van der Waals surface area (Å²) in [6, 6.07) is 0. The molecule has 26 heavy (non-hydrogen) atoms. The van der Waals surface area contributed by atoms with Crippen molar-refractivity contribution < 1.29 is 29.0 Å². The highest BCUT2D eigenvalue weighted by Crippen LogP contribution is 2.66. The van der Waals surface area contributed by atoms with Crippen LogP contribution >= 0.6 is 0 Å². The van der Waals surface area contributed by atoms with Crippen molar-refractivity contribution in [1.82, 2.24) is 0 Å². The largest absolute Gasteiger partial charge is 0.464 e. The second-order valence-electron chi connectivity index (χ2n) is 9.05. The van der Waals surface area contributed by atoms with Crippen LogP contribution in [0.25, 0.3) is 0 Å². The SMILES string of the molecule is C=C1C(=O)[C@@]23C(=O)OC[C@]4(C(=O)CCC(C)(C)[C@H]4C=O)[C@@H]2CC[C@@H]1[C@H]3O. The quantitative estimate of drug-likeness (QED) is 0.327. The van der Waals surface area contributed by atoms with Gasteiger partial charge in [0.05, 0.1) is 11.5 Å². The van der Waals surface area contributed by atoms with Crippen molar-refractivity contribution in [3.05, 3.63) is 12.2 Å². The van der Waals surface area contributed by atoms with Gasteiger partial charge in [-0.15, -0.1) is 0 Å². The van der Waals surface area contributed by atoms with Crippen LogP contribution in [0.5, 0.6) is 0 Å². The van der Waals surface area contributed by atoms with Crippen LogP contribution in [0.4, 0.5) is 0 Å². The molecule has 0 amide bonds. The summed E-state index contributed by atoms with van der Waals surface area (Å²) in [7, 11) is 0. The molecule has 1 N–H and O–H groups in total. The number of rotatable bonds is 1. The molecular weight excluding hydrogens is 336 g/mol. The first kappa shape index (κ1) is 17.6. The summed E-state index contributed by atoms with van der Waals surface area (Å²) in [4.78, 5) is 51.2. The Labute approximate surface area is 152 Å². The first-order valence-corrected chi connectivity index (χ1v) is 9.23. The number of carbonyl (C=O) groups excluding carboxylic acids is 4. The predicted molar refractivity (Wildman–Crippen MR) is 89.8 cm³/mol. The third-order valence-corrected chi connectivity index (χ3v) is 7.73. The van der Waals surface area contributed by atoms with Crippen LogP contribution in [0.3, 0.4) is 0 Å². The predicted octanol–water partition coefficient (Wildman–Crippen LogP) is 1.25. The average Bonchev–Trinajstić information content (AvgIpc) is 2.70. The highest BCUT2D eigenvalue weighted by Gasteiger charge is 2.77. The Morgan fingerprint density at radius 1 is 1.23 bits per heavy atom. The van der Waals surface area contributed by atoms with E-state index in [2.05, 4.69) is 6.58 Å². The lowest BCUT2D eigenvalue weighted by atomic mass is 9.44. The number of hydrogen-bond donors (Lipinski definition) is 1.